The van der Waals surface area contributed by atoms with Crippen LogP contribution in [-0.2, 0) is 44.7 Å². The van der Waals surface area contributed by atoms with Crippen molar-refractivity contribution in [3.63, 3.8) is 0 Å². The number of aryl methyl sites for hydroxylation is 2. The minimum absolute atomic E-state index is 0.197. The number of carbonyl (C=O) groups is 2. The predicted molar refractivity (Wildman–Crippen MR) is 221 cm³/mol. The van der Waals surface area contributed by atoms with Crippen molar-refractivity contribution >= 4 is 11.9 Å². The first kappa shape index (κ1) is 46.5. The molecule has 0 saturated carbocycles. The van der Waals surface area contributed by atoms with E-state index in [-0.39, 0.29) is 24.3 Å². The maximum absolute atomic E-state index is 11.5. The minimum atomic E-state index is -1.63. The number of aliphatic hydroxyl groups is 8. The number of aliphatic carboxylic acids is 2. The Morgan fingerprint density at radius 1 is 0.484 bits per heavy atom. The van der Waals surface area contributed by atoms with Crippen LogP contribution in [0.3, 0.4) is 0 Å². The summed E-state index contributed by atoms with van der Waals surface area (Å²) in [5, 5.41) is 101. The smallest absolute Gasteiger partial charge is 0.307 e. The second-order valence-corrected chi connectivity index (χ2v) is 15.7. The van der Waals surface area contributed by atoms with E-state index in [1.165, 1.54) is 0 Å². The molecule has 0 aliphatic carbocycles. The minimum Gasteiger partial charge on any atom is -0.481 e. The number of ether oxygens (including phenoxy) is 4. The Kier molecular flexibility index (Phi) is 16.1. The summed E-state index contributed by atoms with van der Waals surface area (Å²) in [5.74, 6) is -1.42. The van der Waals surface area contributed by atoms with E-state index in [0.717, 1.165) is 36.8 Å². The van der Waals surface area contributed by atoms with E-state index in [0.29, 0.717) is 46.2 Å². The van der Waals surface area contributed by atoms with Crippen molar-refractivity contribution in [1.82, 2.24) is 0 Å². The van der Waals surface area contributed by atoms with Crippen LogP contribution in [-0.4, -0.2) is 138 Å². The van der Waals surface area contributed by atoms with Gasteiger partial charge in [-0.15, -0.1) is 0 Å². The highest BCUT2D eigenvalue weighted by atomic mass is 16.7. The topological polar surface area (TPSA) is 273 Å². The number of unbranched alkanes of at least 4 members (excludes halogenated alkanes) is 3. The van der Waals surface area contributed by atoms with Gasteiger partial charge in [0.15, 0.2) is 0 Å². The molecule has 4 aromatic carbocycles. The molecule has 6 rings (SSSR count). The van der Waals surface area contributed by atoms with Crippen LogP contribution in [0.4, 0.5) is 0 Å². The number of hydrogen-bond acceptors (Lipinski definition) is 14. The van der Waals surface area contributed by atoms with E-state index in [2.05, 4.69) is 0 Å². The molecule has 2 aliphatic heterocycles. The molecule has 0 spiro atoms. The molecular formula is C46H54O16. The van der Waals surface area contributed by atoms with E-state index >= 15 is 0 Å². The quantitative estimate of drug-likeness (QED) is 0.0604. The van der Waals surface area contributed by atoms with Gasteiger partial charge in [0.05, 0.1) is 26.1 Å². The van der Waals surface area contributed by atoms with Crippen LogP contribution >= 0.6 is 0 Å². The normalized spacial score (nSPS) is 26.2. The van der Waals surface area contributed by atoms with Crippen LogP contribution in [0.1, 0.15) is 47.9 Å². The van der Waals surface area contributed by atoms with Crippen LogP contribution in [0.5, 0.6) is 11.5 Å². The van der Waals surface area contributed by atoms with Crippen molar-refractivity contribution in [3.8, 4) is 33.8 Å². The Labute approximate surface area is 357 Å². The first-order chi connectivity index (χ1) is 29.8. The van der Waals surface area contributed by atoms with Gasteiger partial charge in [-0.2, -0.15) is 0 Å². The summed E-state index contributed by atoms with van der Waals surface area (Å²) in [4.78, 5) is 23.0. The third-order valence-corrected chi connectivity index (χ3v) is 11.1. The molecule has 0 radical (unpaired) electrons. The van der Waals surface area contributed by atoms with Crippen molar-refractivity contribution in [2.75, 3.05) is 13.2 Å². The zero-order valence-electron chi connectivity index (χ0n) is 33.8. The lowest BCUT2D eigenvalue weighted by Crippen LogP contribution is -2.60. The Morgan fingerprint density at radius 3 is 1.26 bits per heavy atom. The number of carboxylic acids is 2. The number of hydrogen-bond donors (Lipinski definition) is 10. The molecule has 2 heterocycles. The van der Waals surface area contributed by atoms with Gasteiger partial charge < -0.3 is 70.0 Å². The van der Waals surface area contributed by atoms with Crippen LogP contribution in [0.25, 0.3) is 22.3 Å². The molecule has 2 saturated heterocycles. The van der Waals surface area contributed by atoms with Gasteiger partial charge in [-0.1, -0.05) is 73.5 Å². The molecule has 62 heavy (non-hydrogen) atoms. The monoisotopic (exact) mass is 862 g/mol. The van der Waals surface area contributed by atoms with Gasteiger partial charge >= 0.3 is 11.9 Å². The van der Waals surface area contributed by atoms with Crippen molar-refractivity contribution in [3.05, 3.63) is 107 Å². The van der Waals surface area contributed by atoms with Crippen molar-refractivity contribution < 1.29 is 79.6 Å². The lowest BCUT2D eigenvalue weighted by molar-refractivity contribution is -0.277. The van der Waals surface area contributed by atoms with Crippen molar-refractivity contribution in [1.29, 1.82) is 0 Å². The standard InChI is InChI=1S/C46H54O16/c47-23-35-39(53)41(55)43(57)45(61-35)59-33-15-13-25(19-31(33)29-11-5-9-27(17-29)21-37(49)50)7-3-1-2-4-8-26-14-16-34(60-46-44(58)42(56)40(54)36(24-48)62-46)32(20-26)30-12-6-10-28(18-30)22-38(51)52/h5-6,9-20,35-36,39-48,53-58H,1-4,7-8,21-24H2,(H,49,50)(H,51,52)/t35-,36-,39-,40-,41+,42+,43+,44+,45-,46-/m1/s1. The fourth-order valence-corrected chi connectivity index (χ4v) is 7.76. The summed E-state index contributed by atoms with van der Waals surface area (Å²) in [7, 11) is 0. The molecule has 2 aliphatic rings. The Bertz CT molecular complexity index is 1970. The average Bonchev–Trinajstić information content (AvgIpc) is 3.25. The maximum Gasteiger partial charge on any atom is 0.307 e. The summed E-state index contributed by atoms with van der Waals surface area (Å²) in [5.41, 5.74) is 5.56. The van der Waals surface area contributed by atoms with Crippen LogP contribution in [0, 0.1) is 0 Å². The molecule has 0 unspecified atom stereocenters. The fraction of sp³-hybridized carbons (Fsp3) is 0.435. The van der Waals surface area contributed by atoms with Gasteiger partial charge in [-0.25, -0.2) is 0 Å². The molecule has 16 heteroatoms. The van der Waals surface area contributed by atoms with E-state index < -0.39 is 86.6 Å². The molecular weight excluding hydrogens is 808 g/mol. The lowest BCUT2D eigenvalue weighted by atomic mass is 9.95. The van der Waals surface area contributed by atoms with Crippen LogP contribution in [0.15, 0.2) is 84.9 Å². The van der Waals surface area contributed by atoms with Gasteiger partial charge in [0.1, 0.15) is 60.3 Å². The zero-order chi connectivity index (χ0) is 44.5. The predicted octanol–water partition coefficient (Wildman–Crippen LogP) is 1.98. The summed E-state index contributed by atoms with van der Waals surface area (Å²) < 4.78 is 23.3. The van der Waals surface area contributed by atoms with Gasteiger partial charge in [0.2, 0.25) is 12.6 Å². The van der Waals surface area contributed by atoms with E-state index in [1.807, 2.05) is 24.3 Å². The van der Waals surface area contributed by atoms with Crippen LogP contribution < -0.4 is 9.47 Å². The molecule has 334 valence electrons. The number of benzene rings is 4. The molecule has 2 fully saturated rings. The summed E-state index contributed by atoms with van der Waals surface area (Å²) in [6.07, 6.45) is -10.3. The first-order valence-corrected chi connectivity index (χ1v) is 20.6. The van der Waals surface area contributed by atoms with E-state index in [1.54, 1.807) is 60.7 Å². The van der Waals surface area contributed by atoms with Gasteiger partial charge in [-0.3, -0.25) is 9.59 Å². The third-order valence-electron chi connectivity index (χ3n) is 11.1. The Balaban J connectivity index is 1.13. The molecule has 10 N–H and O–H groups in total. The highest BCUT2D eigenvalue weighted by molar-refractivity contribution is 5.76. The second-order valence-electron chi connectivity index (χ2n) is 15.7. The van der Waals surface area contributed by atoms with Crippen molar-refractivity contribution in [2.45, 2.75) is 113 Å². The van der Waals surface area contributed by atoms with Gasteiger partial charge in [0, 0.05) is 11.1 Å². The number of rotatable bonds is 19. The summed E-state index contributed by atoms with van der Waals surface area (Å²) in [6, 6.07) is 24.9. The molecule has 10 atom stereocenters. The van der Waals surface area contributed by atoms with E-state index in [9.17, 15) is 60.7 Å². The number of carboxylic acid groups (broad SMARTS) is 2. The summed E-state index contributed by atoms with van der Waals surface area (Å²) >= 11 is 0. The van der Waals surface area contributed by atoms with E-state index in [4.69, 9.17) is 18.9 Å². The Morgan fingerprint density at radius 2 is 0.887 bits per heavy atom. The lowest BCUT2D eigenvalue weighted by Gasteiger charge is -2.39. The van der Waals surface area contributed by atoms with Gasteiger partial charge in [-0.05, 0) is 83.3 Å². The Hall–Kier alpha value is -4.98. The molecule has 0 amide bonds. The maximum atomic E-state index is 11.5. The molecule has 0 bridgehead atoms. The van der Waals surface area contributed by atoms with Crippen LogP contribution in [0.2, 0.25) is 0 Å². The highest BCUT2D eigenvalue weighted by Crippen LogP contribution is 2.37. The number of aliphatic hydroxyl groups excluding tert-OH is 8. The largest absolute Gasteiger partial charge is 0.481 e. The average molecular weight is 863 g/mol. The zero-order valence-corrected chi connectivity index (χ0v) is 33.8. The molecule has 16 nitrogen and oxygen atoms in total. The highest BCUT2D eigenvalue weighted by Gasteiger charge is 2.46. The first-order valence-electron chi connectivity index (χ1n) is 20.6. The SMILES string of the molecule is O=C(O)Cc1cccc(-c2cc(CCCCCCc3ccc(O[C@@H]4O[C@H](CO)[C@@H](O)[C@H](O)[C@@H]4O)c(-c4cccc(CC(=O)O)c4)c3)ccc2O[C@@H]2O[C@H](CO)[C@@H](O)[C@H](O)[C@@H]2O)c1. The second kappa shape index (κ2) is 21.4. The molecule has 0 aromatic heterocycles. The van der Waals surface area contributed by atoms with Gasteiger partial charge in [0.25, 0.3) is 0 Å². The fourth-order valence-electron chi connectivity index (χ4n) is 7.76. The molecule has 4 aromatic rings. The summed E-state index contributed by atoms with van der Waals surface area (Å²) in [6.45, 7) is -1.23. The third kappa shape index (κ3) is 11.5. The van der Waals surface area contributed by atoms with Crippen molar-refractivity contribution in [2.24, 2.45) is 0 Å².